The first-order chi connectivity index (χ1) is 12.1. The molecule has 25 heavy (non-hydrogen) atoms. The summed E-state index contributed by atoms with van der Waals surface area (Å²) in [6.07, 6.45) is 4.86. The molecule has 0 aliphatic rings. The molecule has 1 amide bonds. The Bertz CT molecular complexity index is 907. The van der Waals surface area contributed by atoms with Crippen LogP contribution in [-0.2, 0) is 0 Å². The molecular formula is C17H17N5O3. The highest BCUT2D eigenvalue weighted by Gasteiger charge is 2.12. The topological polar surface area (TPSA) is 91.2 Å². The fraction of sp³-hybridized carbons (Fsp3) is 0.176. The molecule has 0 aliphatic heterocycles. The molecule has 0 atom stereocenters. The summed E-state index contributed by atoms with van der Waals surface area (Å²) in [7, 11) is 3.06. The summed E-state index contributed by atoms with van der Waals surface area (Å²) in [5.74, 6) is 2.51. The first kappa shape index (κ1) is 16.4. The van der Waals surface area contributed by atoms with Crippen molar-refractivity contribution < 1.29 is 14.3 Å². The zero-order valence-corrected chi connectivity index (χ0v) is 14.1. The Morgan fingerprint density at radius 1 is 1.08 bits per heavy atom. The minimum Gasteiger partial charge on any atom is -0.493 e. The van der Waals surface area contributed by atoms with E-state index in [0.29, 0.717) is 28.7 Å². The lowest BCUT2D eigenvalue weighted by Gasteiger charge is -2.10. The number of amides is 1. The highest BCUT2D eigenvalue weighted by molar-refractivity contribution is 6.04. The molecule has 0 radical (unpaired) electrons. The number of benzene rings is 1. The largest absolute Gasteiger partial charge is 0.493 e. The highest BCUT2D eigenvalue weighted by Crippen LogP contribution is 2.27. The molecule has 1 aromatic carbocycles. The Labute approximate surface area is 144 Å². The van der Waals surface area contributed by atoms with Gasteiger partial charge in [0, 0.05) is 24.0 Å². The number of aromatic nitrogens is 4. The summed E-state index contributed by atoms with van der Waals surface area (Å²) in [4.78, 5) is 24.9. The third kappa shape index (κ3) is 3.42. The van der Waals surface area contributed by atoms with Gasteiger partial charge in [0.15, 0.2) is 11.5 Å². The van der Waals surface area contributed by atoms with E-state index >= 15 is 0 Å². The molecule has 0 bridgehead atoms. The van der Waals surface area contributed by atoms with Gasteiger partial charge >= 0.3 is 0 Å². The predicted molar refractivity (Wildman–Crippen MR) is 91.4 cm³/mol. The molecular weight excluding hydrogens is 322 g/mol. The zero-order chi connectivity index (χ0) is 17.8. The quantitative estimate of drug-likeness (QED) is 0.766. The summed E-state index contributed by atoms with van der Waals surface area (Å²) in [5.41, 5.74) is 0.427. The third-order valence-corrected chi connectivity index (χ3v) is 3.61. The summed E-state index contributed by atoms with van der Waals surface area (Å²) in [5, 5.41) is 2.75. The molecule has 8 nitrogen and oxygen atoms in total. The van der Waals surface area contributed by atoms with E-state index < -0.39 is 0 Å². The number of carbonyl (C=O) groups is 1. The number of hydrogen-bond donors (Lipinski definition) is 1. The minimum atomic E-state index is -0.312. The molecule has 0 spiro atoms. The van der Waals surface area contributed by atoms with Gasteiger partial charge in [0.25, 0.3) is 5.91 Å². The van der Waals surface area contributed by atoms with Gasteiger partial charge in [0.1, 0.15) is 23.8 Å². The lowest BCUT2D eigenvalue weighted by molar-refractivity contribution is 0.102. The standard InChI is InChI=1S/C17H17N5O3/c1-11-18-6-7-22(11)16-9-15(19-10-20-16)21-17(23)12-4-5-13(24-2)14(8-12)25-3/h4-10H,1-3H3,(H,19,20,21,23). The van der Waals surface area contributed by atoms with Crippen LogP contribution in [0.5, 0.6) is 11.5 Å². The molecule has 128 valence electrons. The van der Waals surface area contributed by atoms with E-state index in [2.05, 4.69) is 20.3 Å². The Morgan fingerprint density at radius 3 is 2.56 bits per heavy atom. The van der Waals surface area contributed by atoms with E-state index in [1.807, 2.05) is 6.92 Å². The number of ether oxygens (including phenoxy) is 2. The van der Waals surface area contributed by atoms with E-state index in [0.717, 1.165) is 5.82 Å². The van der Waals surface area contributed by atoms with Crippen molar-refractivity contribution in [1.82, 2.24) is 19.5 Å². The van der Waals surface area contributed by atoms with Gasteiger partial charge in [-0.25, -0.2) is 15.0 Å². The van der Waals surface area contributed by atoms with Crippen LogP contribution in [0, 0.1) is 6.92 Å². The van der Waals surface area contributed by atoms with Crippen LogP contribution < -0.4 is 14.8 Å². The SMILES string of the molecule is COc1ccc(C(=O)Nc2cc(-n3ccnc3C)ncn2)cc1OC. The molecule has 3 aromatic rings. The van der Waals surface area contributed by atoms with Gasteiger partial charge in [0.05, 0.1) is 14.2 Å². The van der Waals surface area contributed by atoms with Crippen molar-refractivity contribution in [3.05, 3.63) is 54.4 Å². The molecule has 0 saturated carbocycles. The molecule has 2 heterocycles. The summed E-state index contributed by atoms with van der Waals surface area (Å²) < 4.78 is 12.2. The Hall–Kier alpha value is -3.42. The second-order valence-corrected chi connectivity index (χ2v) is 5.13. The van der Waals surface area contributed by atoms with Gasteiger partial charge in [-0.2, -0.15) is 0 Å². The number of anilines is 1. The highest BCUT2D eigenvalue weighted by atomic mass is 16.5. The summed E-state index contributed by atoms with van der Waals surface area (Å²) in [6, 6.07) is 6.61. The minimum absolute atomic E-state index is 0.312. The van der Waals surface area contributed by atoms with E-state index in [1.165, 1.54) is 20.5 Å². The average Bonchev–Trinajstić information content (AvgIpc) is 3.07. The van der Waals surface area contributed by atoms with Gasteiger partial charge in [0.2, 0.25) is 0 Å². The van der Waals surface area contributed by atoms with Crippen LogP contribution in [0.25, 0.3) is 5.82 Å². The van der Waals surface area contributed by atoms with Crippen molar-refractivity contribution >= 4 is 11.7 Å². The molecule has 0 saturated heterocycles. The van der Waals surface area contributed by atoms with E-state index in [9.17, 15) is 4.79 Å². The van der Waals surface area contributed by atoms with Gasteiger partial charge in [-0.05, 0) is 25.1 Å². The number of methoxy groups -OCH3 is 2. The number of hydrogen-bond acceptors (Lipinski definition) is 6. The normalized spacial score (nSPS) is 10.4. The Balaban J connectivity index is 1.83. The third-order valence-electron chi connectivity index (χ3n) is 3.61. The average molecular weight is 339 g/mol. The molecule has 1 N–H and O–H groups in total. The molecule has 2 aromatic heterocycles. The van der Waals surface area contributed by atoms with Crippen molar-refractivity contribution in [2.24, 2.45) is 0 Å². The molecule has 0 aliphatic carbocycles. The monoisotopic (exact) mass is 339 g/mol. The van der Waals surface area contributed by atoms with Crippen molar-refractivity contribution in [3.8, 4) is 17.3 Å². The van der Waals surface area contributed by atoms with Crippen LogP contribution in [0.15, 0.2) is 43.0 Å². The lowest BCUT2D eigenvalue weighted by Crippen LogP contribution is -2.14. The van der Waals surface area contributed by atoms with E-state index in [-0.39, 0.29) is 5.91 Å². The fourth-order valence-corrected chi connectivity index (χ4v) is 2.33. The fourth-order valence-electron chi connectivity index (χ4n) is 2.33. The maximum atomic E-state index is 12.5. The first-order valence-electron chi connectivity index (χ1n) is 7.48. The zero-order valence-electron chi connectivity index (χ0n) is 14.1. The molecule has 8 heteroatoms. The second kappa shape index (κ2) is 7.00. The first-order valence-corrected chi connectivity index (χ1v) is 7.48. The molecule has 0 fully saturated rings. The number of carbonyl (C=O) groups excluding carboxylic acids is 1. The maximum Gasteiger partial charge on any atom is 0.256 e. The summed E-state index contributed by atoms with van der Waals surface area (Å²) in [6.45, 7) is 1.87. The number of nitrogens with one attached hydrogen (secondary N) is 1. The van der Waals surface area contributed by atoms with Crippen molar-refractivity contribution in [2.75, 3.05) is 19.5 Å². The van der Waals surface area contributed by atoms with Gasteiger partial charge in [-0.1, -0.05) is 0 Å². The van der Waals surface area contributed by atoms with Crippen LogP contribution in [0.4, 0.5) is 5.82 Å². The van der Waals surface area contributed by atoms with Crippen LogP contribution >= 0.6 is 0 Å². The number of imidazole rings is 1. The lowest BCUT2D eigenvalue weighted by atomic mass is 10.2. The number of nitrogens with zero attached hydrogens (tertiary/aromatic N) is 4. The number of rotatable bonds is 5. The van der Waals surface area contributed by atoms with Crippen molar-refractivity contribution in [2.45, 2.75) is 6.92 Å². The van der Waals surface area contributed by atoms with Crippen molar-refractivity contribution in [1.29, 1.82) is 0 Å². The van der Waals surface area contributed by atoms with E-state index in [1.54, 1.807) is 41.2 Å². The molecule has 0 unspecified atom stereocenters. The summed E-state index contributed by atoms with van der Waals surface area (Å²) >= 11 is 0. The number of aryl methyl sites for hydroxylation is 1. The van der Waals surface area contributed by atoms with Crippen molar-refractivity contribution in [3.63, 3.8) is 0 Å². The van der Waals surface area contributed by atoms with Gasteiger partial charge < -0.3 is 14.8 Å². The van der Waals surface area contributed by atoms with Gasteiger partial charge in [-0.3, -0.25) is 9.36 Å². The Morgan fingerprint density at radius 2 is 1.88 bits per heavy atom. The van der Waals surface area contributed by atoms with Crippen LogP contribution in [0.3, 0.4) is 0 Å². The van der Waals surface area contributed by atoms with Gasteiger partial charge in [-0.15, -0.1) is 0 Å². The maximum absolute atomic E-state index is 12.5. The second-order valence-electron chi connectivity index (χ2n) is 5.13. The van der Waals surface area contributed by atoms with Crippen LogP contribution in [0.2, 0.25) is 0 Å². The predicted octanol–water partition coefficient (Wildman–Crippen LogP) is 2.24. The smallest absolute Gasteiger partial charge is 0.256 e. The Kier molecular flexibility index (Phi) is 4.60. The van der Waals surface area contributed by atoms with Crippen LogP contribution in [-0.4, -0.2) is 39.6 Å². The van der Waals surface area contributed by atoms with E-state index in [4.69, 9.17) is 9.47 Å². The van der Waals surface area contributed by atoms with Crippen LogP contribution in [0.1, 0.15) is 16.2 Å². The molecule has 3 rings (SSSR count).